The lowest BCUT2D eigenvalue weighted by molar-refractivity contribution is -0.143. The molecule has 1 aliphatic carbocycles. The lowest BCUT2D eigenvalue weighted by Crippen LogP contribution is -2.27. The zero-order valence-corrected chi connectivity index (χ0v) is 9.83. The summed E-state index contributed by atoms with van der Waals surface area (Å²) in [5, 5.41) is 9.06. The minimum Gasteiger partial charge on any atom is -0.481 e. The molecule has 0 bridgehead atoms. The van der Waals surface area contributed by atoms with Crippen molar-refractivity contribution >= 4 is 5.97 Å². The van der Waals surface area contributed by atoms with E-state index in [0.29, 0.717) is 24.8 Å². The second kappa shape index (κ2) is 4.65. The highest BCUT2D eigenvalue weighted by Gasteiger charge is 2.58. The van der Waals surface area contributed by atoms with E-state index in [-0.39, 0.29) is 12.5 Å². The topological polar surface area (TPSA) is 63.3 Å². The lowest BCUT2D eigenvalue weighted by atomic mass is 9.99. The third kappa shape index (κ3) is 2.22. The van der Waals surface area contributed by atoms with Crippen molar-refractivity contribution in [1.29, 1.82) is 0 Å². The molecule has 3 nitrogen and oxygen atoms in total. The molecule has 0 spiro atoms. The van der Waals surface area contributed by atoms with Gasteiger partial charge in [-0.25, -0.2) is 8.78 Å². The molecule has 0 aromatic heterocycles. The van der Waals surface area contributed by atoms with Gasteiger partial charge in [-0.15, -0.1) is 0 Å². The normalized spacial score (nSPS) is 26.1. The minimum absolute atomic E-state index is 0.0392. The Morgan fingerprint density at radius 3 is 2.78 bits per heavy atom. The summed E-state index contributed by atoms with van der Waals surface area (Å²) in [7, 11) is 0. The van der Waals surface area contributed by atoms with Crippen LogP contribution >= 0.6 is 0 Å². The van der Waals surface area contributed by atoms with E-state index in [4.69, 9.17) is 10.8 Å². The van der Waals surface area contributed by atoms with Crippen molar-refractivity contribution in [2.75, 3.05) is 6.54 Å². The molecule has 0 radical (unpaired) electrons. The first-order valence-electron chi connectivity index (χ1n) is 5.87. The van der Waals surface area contributed by atoms with E-state index in [9.17, 15) is 13.6 Å². The SMILES string of the molecule is NCC1(C(=O)O)CC1CCc1cc(F)ccc1F. The fraction of sp³-hybridized carbons (Fsp3) is 0.462. The largest absolute Gasteiger partial charge is 0.481 e. The van der Waals surface area contributed by atoms with Gasteiger partial charge in [-0.05, 0) is 48.9 Å². The van der Waals surface area contributed by atoms with Crippen molar-refractivity contribution in [3.63, 3.8) is 0 Å². The van der Waals surface area contributed by atoms with Gasteiger partial charge in [-0.3, -0.25) is 4.79 Å². The van der Waals surface area contributed by atoms with Crippen molar-refractivity contribution in [3.05, 3.63) is 35.4 Å². The molecule has 0 amide bonds. The summed E-state index contributed by atoms with van der Waals surface area (Å²) in [4.78, 5) is 11.0. The van der Waals surface area contributed by atoms with Gasteiger partial charge in [0.2, 0.25) is 0 Å². The Balaban J connectivity index is 1.98. The van der Waals surface area contributed by atoms with Crippen LogP contribution in [0.5, 0.6) is 0 Å². The van der Waals surface area contributed by atoms with E-state index < -0.39 is 23.0 Å². The summed E-state index contributed by atoms with van der Waals surface area (Å²) in [6.07, 6.45) is 1.38. The van der Waals surface area contributed by atoms with Crippen LogP contribution in [-0.4, -0.2) is 17.6 Å². The van der Waals surface area contributed by atoms with Gasteiger partial charge >= 0.3 is 5.97 Å². The van der Waals surface area contributed by atoms with Crippen LogP contribution in [0.4, 0.5) is 8.78 Å². The fourth-order valence-electron chi connectivity index (χ4n) is 2.42. The third-order valence-electron chi connectivity index (χ3n) is 3.79. The molecular weight excluding hydrogens is 240 g/mol. The molecule has 1 aliphatic rings. The second-order valence-electron chi connectivity index (χ2n) is 4.84. The number of carboxylic acid groups (broad SMARTS) is 1. The average Bonchev–Trinajstić information content (AvgIpc) is 3.05. The molecule has 0 heterocycles. The molecule has 0 saturated heterocycles. The van der Waals surface area contributed by atoms with E-state index in [2.05, 4.69) is 0 Å². The lowest BCUT2D eigenvalue weighted by Gasteiger charge is -2.09. The van der Waals surface area contributed by atoms with Gasteiger partial charge < -0.3 is 10.8 Å². The molecule has 2 rings (SSSR count). The molecule has 1 aromatic rings. The highest BCUT2D eigenvalue weighted by molar-refractivity contribution is 5.79. The molecule has 1 aromatic carbocycles. The summed E-state index contributed by atoms with van der Waals surface area (Å²) < 4.78 is 26.3. The Morgan fingerprint density at radius 1 is 1.50 bits per heavy atom. The van der Waals surface area contributed by atoms with Crippen molar-refractivity contribution in [3.8, 4) is 0 Å². The first-order valence-corrected chi connectivity index (χ1v) is 5.87. The quantitative estimate of drug-likeness (QED) is 0.845. The Bertz CT molecular complexity index is 478. The number of nitrogens with two attached hydrogens (primary N) is 1. The van der Waals surface area contributed by atoms with Gasteiger partial charge in [0, 0.05) is 6.54 Å². The molecule has 2 atom stereocenters. The average molecular weight is 255 g/mol. The van der Waals surface area contributed by atoms with Crippen LogP contribution in [0.15, 0.2) is 18.2 Å². The summed E-state index contributed by atoms with van der Waals surface area (Å²) in [6.45, 7) is 0.0959. The molecule has 1 fully saturated rings. The van der Waals surface area contributed by atoms with E-state index in [1.54, 1.807) is 0 Å². The molecule has 0 aliphatic heterocycles. The highest BCUT2D eigenvalue weighted by atomic mass is 19.1. The predicted octanol–water partition coefficient (Wildman–Crippen LogP) is 1.95. The Hall–Kier alpha value is -1.49. The van der Waals surface area contributed by atoms with Crippen molar-refractivity contribution in [1.82, 2.24) is 0 Å². The molecule has 3 N–H and O–H groups in total. The zero-order valence-electron chi connectivity index (χ0n) is 9.83. The summed E-state index contributed by atoms with van der Waals surface area (Å²) in [5.41, 5.74) is 4.91. The van der Waals surface area contributed by atoms with Gasteiger partial charge in [0.05, 0.1) is 5.41 Å². The van der Waals surface area contributed by atoms with E-state index in [0.717, 1.165) is 18.2 Å². The molecule has 5 heteroatoms. The predicted molar refractivity (Wildman–Crippen MR) is 61.9 cm³/mol. The molecule has 18 heavy (non-hydrogen) atoms. The Labute approximate surface area is 104 Å². The standard InChI is InChI=1S/C13H15F2NO2/c14-10-3-4-11(15)8(5-10)1-2-9-6-13(9,7-16)12(17)18/h3-5,9H,1-2,6-7,16H2,(H,17,18). The Morgan fingerprint density at radius 2 is 2.22 bits per heavy atom. The maximum Gasteiger partial charge on any atom is 0.311 e. The van der Waals surface area contributed by atoms with Gasteiger partial charge in [0.1, 0.15) is 11.6 Å². The number of benzene rings is 1. The maximum atomic E-state index is 13.4. The Kier molecular flexibility index (Phi) is 3.34. The second-order valence-corrected chi connectivity index (χ2v) is 4.84. The summed E-state index contributed by atoms with van der Waals surface area (Å²) in [6, 6.07) is 3.31. The van der Waals surface area contributed by atoms with Crippen LogP contribution in [-0.2, 0) is 11.2 Å². The van der Waals surface area contributed by atoms with E-state index in [1.165, 1.54) is 0 Å². The van der Waals surface area contributed by atoms with Crippen LogP contribution in [0.2, 0.25) is 0 Å². The summed E-state index contributed by atoms with van der Waals surface area (Å²) in [5.74, 6) is -1.87. The third-order valence-corrected chi connectivity index (χ3v) is 3.79. The van der Waals surface area contributed by atoms with Crippen LogP contribution in [0.25, 0.3) is 0 Å². The van der Waals surface area contributed by atoms with Crippen LogP contribution < -0.4 is 5.73 Å². The van der Waals surface area contributed by atoms with Gasteiger partial charge in [-0.1, -0.05) is 0 Å². The zero-order chi connectivity index (χ0) is 13.3. The van der Waals surface area contributed by atoms with Gasteiger partial charge in [0.25, 0.3) is 0 Å². The van der Waals surface area contributed by atoms with Crippen LogP contribution in [0.3, 0.4) is 0 Å². The maximum absolute atomic E-state index is 13.4. The number of carbonyl (C=O) groups is 1. The number of aryl methyl sites for hydroxylation is 1. The van der Waals surface area contributed by atoms with Crippen molar-refractivity contribution in [2.24, 2.45) is 17.1 Å². The number of rotatable bonds is 5. The fourth-order valence-corrected chi connectivity index (χ4v) is 2.42. The highest BCUT2D eigenvalue weighted by Crippen LogP contribution is 2.54. The first-order chi connectivity index (χ1) is 8.49. The monoisotopic (exact) mass is 255 g/mol. The smallest absolute Gasteiger partial charge is 0.311 e. The van der Waals surface area contributed by atoms with E-state index >= 15 is 0 Å². The summed E-state index contributed by atoms with van der Waals surface area (Å²) >= 11 is 0. The first kappa shape index (κ1) is 13.0. The van der Waals surface area contributed by atoms with Gasteiger partial charge in [-0.2, -0.15) is 0 Å². The van der Waals surface area contributed by atoms with Crippen LogP contribution in [0.1, 0.15) is 18.4 Å². The minimum atomic E-state index is -0.894. The molecule has 98 valence electrons. The number of hydrogen-bond donors (Lipinski definition) is 2. The number of halogens is 2. The molecular formula is C13H15F2NO2. The van der Waals surface area contributed by atoms with Crippen LogP contribution in [0, 0.1) is 23.0 Å². The molecule has 1 saturated carbocycles. The van der Waals surface area contributed by atoms with Crippen molar-refractivity contribution in [2.45, 2.75) is 19.3 Å². The molecule has 2 unspecified atom stereocenters. The number of hydrogen-bond acceptors (Lipinski definition) is 2. The van der Waals surface area contributed by atoms with Crippen molar-refractivity contribution < 1.29 is 18.7 Å². The number of carboxylic acids is 1. The van der Waals surface area contributed by atoms with E-state index in [1.807, 2.05) is 0 Å². The van der Waals surface area contributed by atoms with Gasteiger partial charge in [0.15, 0.2) is 0 Å². The number of aliphatic carboxylic acids is 1.